The average molecular weight is 1660 g/mol. The number of fused-ring (bicyclic) bond motifs is 12. The molecule has 0 aliphatic carbocycles. The van der Waals surface area contributed by atoms with Gasteiger partial charge in [-0.25, -0.2) is 19.9 Å². The molecule has 0 unspecified atom stereocenters. The van der Waals surface area contributed by atoms with E-state index in [0.717, 1.165) is 150 Å². The van der Waals surface area contributed by atoms with Crippen LogP contribution in [0.25, 0.3) is 233 Å². The van der Waals surface area contributed by atoms with Crippen LogP contribution in [0.2, 0.25) is 0 Å². The summed E-state index contributed by atoms with van der Waals surface area (Å²) in [7, 11) is 0. The van der Waals surface area contributed by atoms with E-state index in [1.807, 2.05) is 0 Å². The van der Waals surface area contributed by atoms with Gasteiger partial charge in [-0.3, -0.25) is 9.13 Å². The Hall–Kier alpha value is -17.5. The normalized spacial score (nSPS) is 11.5. The van der Waals surface area contributed by atoms with Gasteiger partial charge in [-0.2, -0.15) is 0 Å². The van der Waals surface area contributed by atoms with Gasteiger partial charge in [0.05, 0.1) is 55.3 Å². The molecular formula is C122H80N8. The Morgan fingerprint density at radius 2 is 0.385 bits per heavy atom. The lowest BCUT2D eigenvalue weighted by Gasteiger charge is -2.13. The van der Waals surface area contributed by atoms with Crippen LogP contribution in [-0.2, 0) is 0 Å². The topological polar surface area (TPSA) is 71.3 Å². The second-order valence-electron chi connectivity index (χ2n) is 33.1. The van der Waals surface area contributed by atoms with Gasteiger partial charge in [0.25, 0.3) is 0 Å². The summed E-state index contributed by atoms with van der Waals surface area (Å²) in [6.45, 7) is 0. The number of hydrogen-bond acceptors (Lipinski definition) is 4. The Kier molecular flexibility index (Phi) is 19.1. The molecule has 0 radical (unpaired) electrons. The van der Waals surface area contributed by atoms with Crippen LogP contribution in [0, 0.1) is 0 Å². The summed E-state index contributed by atoms with van der Waals surface area (Å²) in [6.07, 6.45) is 0. The maximum absolute atomic E-state index is 5.53. The number of aromatic nitrogens is 8. The number of nitrogens with zero attached hydrogens (tertiary/aromatic N) is 8. The molecule has 0 fully saturated rings. The molecule has 0 N–H and O–H groups in total. The molecule has 0 bridgehead atoms. The van der Waals surface area contributed by atoms with Gasteiger partial charge in [0, 0.05) is 77.3 Å². The van der Waals surface area contributed by atoms with Gasteiger partial charge in [-0.05, 0) is 205 Å². The van der Waals surface area contributed by atoms with E-state index in [9.17, 15) is 0 Å². The van der Waals surface area contributed by atoms with Crippen molar-refractivity contribution in [2.24, 2.45) is 0 Å². The Morgan fingerprint density at radius 3 is 0.769 bits per heavy atom. The quantitative estimate of drug-likeness (QED) is 0.103. The van der Waals surface area contributed by atoms with Crippen molar-refractivity contribution < 1.29 is 0 Å². The molecule has 8 nitrogen and oxygen atoms in total. The first-order valence-corrected chi connectivity index (χ1v) is 44.2. The first kappa shape index (κ1) is 76.2. The van der Waals surface area contributed by atoms with Crippen molar-refractivity contribution in [2.45, 2.75) is 0 Å². The summed E-state index contributed by atoms with van der Waals surface area (Å²) in [5, 5.41) is 9.21. The maximum Gasteiger partial charge on any atom is 0.162 e. The van der Waals surface area contributed by atoms with Gasteiger partial charge in [0.2, 0.25) is 0 Å². The van der Waals surface area contributed by atoms with Crippen LogP contribution in [0.1, 0.15) is 0 Å². The van der Waals surface area contributed by atoms with Crippen LogP contribution in [-0.4, -0.2) is 38.2 Å². The monoisotopic (exact) mass is 1660 g/mol. The Morgan fingerprint density at radius 1 is 0.138 bits per heavy atom. The smallest absolute Gasteiger partial charge is 0.162 e. The molecule has 6 heterocycles. The fourth-order valence-corrected chi connectivity index (χ4v) is 19.5. The Balaban J connectivity index is 0.000000145. The lowest BCUT2D eigenvalue weighted by atomic mass is 9.94. The first-order valence-electron chi connectivity index (χ1n) is 44.2. The van der Waals surface area contributed by atoms with Crippen molar-refractivity contribution in [2.75, 3.05) is 0 Å². The lowest BCUT2D eigenvalue weighted by Crippen LogP contribution is -1.99. The largest absolute Gasteiger partial charge is 0.309 e. The molecule has 0 aliphatic heterocycles. The van der Waals surface area contributed by atoms with E-state index in [2.05, 4.69) is 504 Å². The molecule has 25 aromatic rings. The van der Waals surface area contributed by atoms with Crippen LogP contribution >= 0.6 is 0 Å². The van der Waals surface area contributed by atoms with Gasteiger partial charge < -0.3 is 9.13 Å². The second kappa shape index (κ2) is 32.6. The summed E-state index contributed by atoms with van der Waals surface area (Å²) in [4.78, 5) is 21.9. The standard InChI is InChI=1S/C64H42N4.C58H38N4/c1-5-19-43(20-6-1)45-23-17-28-51(41-45)63-65-62(61-55-33-13-14-35-57(55)68(64(61)66-63)53-31-11-4-12-32-53)50-27-16-25-47(40-50)46-24-15-26-49(39-46)54-34-18-36-59-60(54)56-42-48(44-21-7-2-8-22-44)37-38-58(56)67(59)52-29-9-3-10-30-52;1-4-18-39(19-5-1)40-20-16-25-45(38-40)57-59-56(55-50-31-11-13-34-52(50)62(58(55)60-57)47-28-8-3-9-29-47)44-24-15-22-42(37-44)41-21-14-23-43(36-41)48-32-17-35-53-54(48)49-30-10-12-33-51(49)61(53)46-26-6-2-7-27-46/h1-42H;1-38H. The highest BCUT2D eigenvalue weighted by molar-refractivity contribution is 6.19. The van der Waals surface area contributed by atoms with E-state index in [4.69, 9.17) is 19.9 Å². The molecule has 0 saturated carbocycles. The summed E-state index contributed by atoms with van der Waals surface area (Å²) in [5.41, 5.74) is 35.0. The highest BCUT2D eigenvalue weighted by atomic mass is 15.1. The predicted molar refractivity (Wildman–Crippen MR) is 541 cm³/mol. The molecular weight excluding hydrogens is 1580 g/mol. The zero-order valence-electron chi connectivity index (χ0n) is 70.8. The van der Waals surface area contributed by atoms with Gasteiger partial charge in [-0.1, -0.05) is 358 Å². The third-order valence-corrected chi connectivity index (χ3v) is 25.4. The molecule has 6 aromatic heterocycles. The van der Waals surface area contributed by atoms with Crippen LogP contribution in [0.5, 0.6) is 0 Å². The third-order valence-electron chi connectivity index (χ3n) is 25.4. The van der Waals surface area contributed by atoms with Crippen LogP contribution in [0.3, 0.4) is 0 Å². The molecule has 0 amide bonds. The molecule has 130 heavy (non-hydrogen) atoms. The zero-order chi connectivity index (χ0) is 86.0. The number of hydrogen-bond donors (Lipinski definition) is 0. The molecule has 8 heteroatoms. The zero-order valence-corrected chi connectivity index (χ0v) is 70.8. The fraction of sp³-hybridized carbons (Fsp3) is 0. The van der Waals surface area contributed by atoms with Gasteiger partial charge in [-0.15, -0.1) is 0 Å². The SMILES string of the molecule is c1ccc(-c2cccc(-c3nc(-c4cccc(-c5cccc(-c6cccc7c6c6cc(-c8ccccc8)ccc6n7-c6ccccc6)c5)c4)c4c5ccccc5n(-c5ccccc5)c4n3)c2)cc1.c1ccc(-c2cccc(-c3nc(-c4cccc(-c5cccc(-c6cccc7c6c6ccccc6n7-c6ccccc6)c5)c4)c4c5ccccc5n(-c5ccccc5)c4n3)c2)cc1. The van der Waals surface area contributed by atoms with Gasteiger partial charge in [0.1, 0.15) is 11.3 Å². The molecule has 0 saturated heterocycles. The van der Waals surface area contributed by atoms with Crippen molar-refractivity contribution >= 4 is 87.5 Å². The van der Waals surface area contributed by atoms with Crippen LogP contribution < -0.4 is 0 Å². The number of para-hydroxylation sites is 7. The minimum Gasteiger partial charge on any atom is -0.309 e. The number of benzene rings is 19. The van der Waals surface area contributed by atoms with E-state index in [1.165, 1.54) is 71.4 Å². The average Bonchev–Trinajstić information content (AvgIpc) is 1.61. The maximum atomic E-state index is 5.53. The van der Waals surface area contributed by atoms with E-state index in [0.29, 0.717) is 11.6 Å². The summed E-state index contributed by atoms with van der Waals surface area (Å²) < 4.78 is 9.35. The summed E-state index contributed by atoms with van der Waals surface area (Å²) in [6, 6.07) is 173. The Bertz CT molecular complexity index is 8630. The summed E-state index contributed by atoms with van der Waals surface area (Å²) >= 11 is 0. The van der Waals surface area contributed by atoms with Gasteiger partial charge in [0.15, 0.2) is 11.6 Å². The van der Waals surface area contributed by atoms with Crippen LogP contribution in [0.15, 0.2) is 485 Å². The molecule has 19 aromatic carbocycles. The fourth-order valence-electron chi connectivity index (χ4n) is 19.5. The van der Waals surface area contributed by atoms with Crippen LogP contribution in [0.4, 0.5) is 0 Å². The molecule has 0 spiro atoms. The minimum atomic E-state index is 0.677. The minimum absolute atomic E-state index is 0.677. The third kappa shape index (κ3) is 13.6. The van der Waals surface area contributed by atoms with Crippen molar-refractivity contribution in [1.82, 2.24) is 38.2 Å². The summed E-state index contributed by atoms with van der Waals surface area (Å²) in [5.74, 6) is 1.36. The molecule has 0 atom stereocenters. The van der Waals surface area contributed by atoms with Gasteiger partial charge >= 0.3 is 0 Å². The van der Waals surface area contributed by atoms with Crippen molar-refractivity contribution in [3.8, 4) is 146 Å². The Labute approximate surface area is 751 Å². The first-order chi connectivity index (χ1) is 64.5. The van der Waals surface area contributed by atoms with Crippen molar-refractivity contribution in [3.63, 3.8) is 0 Å². The highest BCUT2D eigenvalue weighted by Gasteiger charge is 2.27. The van der Waals surface area contributed by atoms with E-state index in [-0.39, 0.29) is 0 Å². The van der Waals surface area contributed by atoms with E-state index < -0.39 is 0 Å². The van der Waals surface area contributed by atoms with Crippen molar-refractivity contribution in [3.05, 3.63) is 485 Å². The highest BCUT2D eigenvalue weighted by Crippen LogP contribution is 2.47. The predicted octanol–water partition coefficient (Wildman–Crippen LogP) is 31.7. The second-order valence-corrected chi connectivity index (χ2v) is 33.1. The van der Waals surface area contributed by atoms with E-state index >= 15 is 0 Å². The van der Waals surface area contributed by atoms with E-state index in [1.54, 1.807) is 0 Å². The molecule has 608 valence electrons. The molecule has 25 rings (SSSR count). The number of rotatable bonds is 15. The van der Waals surface area contributed by atoms with Crippen molar-refractivity contribution in [1.29, 1.82) is 0 Å². The molecule has 0 aliphatic rings. The lowest BCUT2D eigenvalue weighted by molar-refractivity contribution is 1.11.